The van der Waals surface area contributed by atoms with Gasteiger partial charge in [-0.05, 0) is 6.42 Å². The van der Waals surface area contributed by atoms with Gasteiger partial charge in [-0.15, -0.1) is 0 Å². The smallest absolute Gasteiger partial charge is 0.223 e. The lowest BCUT2D eigenvalue weighted by Gasteiger charge is -2.15. The predicted molar refractivity (Wildman–Crippen MR) is 64.7 cm³/mol. The quantitative estimate of drug-likeness (QED) is 0.671. The zero-order valence-electron chi connectivity index (χ0n) is 9.82. The highest BCUT2D eigenvalue weighted by atomic mass is 32.2. The Hall–Kier alpha value is -0.690. The molecule has 0 aliphatic rings. The maximum absolute atomic E-state index is 11.5. The standard InChI is InChI=1S/C11H20N2OS/c1-4-10(2)15-9-6-11(14)13(3)8-5-7-12/h10H,4-6,8-9H2,1-3H3. The second-order valence-corrected chi connectivity index (χ2v) is 5.11. The lowest BCUT2D eigenvalue weighted by Crippen LogP contribution is -2.27. The summed E-state index contributed by atoms with van der Waals surface area (Å²) in [6.07, 6.45) is 2.14. The fourth-order valence-electron chi connectivity index (χ4n) is 0.999. The normalized spacial score (nSPS) is 11.9. The fraction of sp³-hybridized carbons (Fsp3) is 0.818. The molecule has 0 spiro atoms. The number of hydrogen-bond donors (Lipinski definition) is 0. The van der Waals surface area contributed by atoms with Gasteiger partial charge >= 0.3 is 0 Å². The SMILES string of the molecule is CCC(C)SCCC(=O)N(C)CCC#N. The van der Waals surface area contributed by atoms with Gasteiger partial charge < -0.3 is 4.90 Å². The molecule has 0 saturated heterocycles. The fourth-order valence-corrected chi connectivity index (χ4v) is 1.93. The van der Waals surface area contributed by atoms with Gasteiger partial charge in [-0.2, -0.15) is 17.0 Å². The Morgan fingerprint density at radius 1 is 1.60 bits per heavy atom. The van der Waals surface area contributed by atoms with Crippen LogP contribution in [0.5, 0.6) is 0 Å². The molecule has 86 valence electrons. The number of nitriles is 1. The van der Waals surface area contributed by atoms with Crippen LogP contribution in [0, 0.1) is 11.3 Å². The van der Waals surface area contributed by atoms with Crippen molar-refractivity contribution >= 4 is 17.7 Å². The maximum Gasteiger partial charge on any atom is 0.223 e. The van der Waals surface area contributed by atoms with Crippen LogP contribution in [0.2, 0.25) is 0 Å². The number of rotatable bonds is 7. The number of thioether (sulfide) groups is 1. The van der Waals surface area contributed by atoms with E-state index in [0.29, 0.717) is 24.6 Å². The third kappa shape index (κ3) is 7.26. The van der Waals surface area contributed by atoms with E-state index in [1.165, 1.54) is 0 Å². The minimum atomic E-state index is 0.140. The summed E-state index contributed by atoms with van der Waals surface area (Å²) < 4.78 is 0. The van der Waals surface area contributed by atoms with Gasteiger partial charge in [0.05, 0.1) is 12.5 Å². The number of nitrogens with zero attached hydrogens (tertiary/aromatic N) is 2. The van der Waals surface area contributed by atoms with E-state index in [4.69, 9.17) is 5.26 Å². The van der Waals surface area contributed by atoms with Crippen LogP contribution in [0.1, 0.15) is 33.1 Å². The van der Waals surface area contributed by atoms with E-state index in [1.54, 1.807) is 11.9 Å². The van der Waals surface area contributed by atoms with Gasteiger partial charge in [-0.25, -0.2) is 0 Å². The van der Waals surface area contributed by atoms with Crippen LogP contribution < -0.4 is 0 Å². The molecular formula is C11H20N2OS. The second kappa shape index (κ2) is 8.60. The molecule has 0 saturated carbocycles. The van der Waals surface area contributed by atoms with Gasteiger partial charge in [0.25, 0.3) is 0 Å². The molecule has 0 aliphatic heterocycles. The predicted octanol–water partition coefficient (Wildman–Crippen LogP) is 2.28. The highest BCUT2D eigenvalue weighted by molar-refractivity contribution is 7.99. The molecule has 1 unspecified atom stereocenters. The molecule has 1 atom stereocenters. The largest absolute Gasteiger partial charge is 0.345 e. The summed E-state index contributed by atoms with van der Waals surface area (Å²) in [6.45, 7) is 4.87. The zero-order chi connectivity index (χ0) is 11.7. The third-order valence-electron chi connectivity index (χ3n) is 2.28. The summed E-state index contributed by atoms with van der Waals surface area (Å²) in [4.78, 5) is 13.2. The topological polar surface area (TPSA) is 44.1 Å². The van der Waals surface area contributed by atoms with E-state index in [-0.39, 0.29) is 5.91 Å². The Balaban J connectivity index is 3.60. The van der Waals surface area contributed by atoms with Gasteiger partial charge in [-0.3, -0.25) is 4.79 Å². The van der Waals surface area contributed by atoms with Crippen LogP contribution in [0.25, 0.3) is 0 Å². The second-order valence-electron chi connectivity index (χ2n) is 3.56. The first-order valence-corrected chi connectivity index (χ1v) is 6.39. The molecule has 0 aromatic carbocycles. The first-order valence-electron chi connectivity index (χ1n) is 5.34. The van der Waals surface area contributed by atoms with E-state index >= 15 is 0 Å². The van der Waals surface area contributed by atoms with Crippen molar-refractivity contribution in [1.82, 2.24) is 4.90 Å². The van der Waals surface area contributed by atoms with Crippen LogP contribution in [-0.2, 0) is 4.79 Å². The number of amides is 1. The van der Waals surface area contributed by atoms with Crippen LogP contribution in [0.4, 0.5) is 0 Å². The van der Waals surface area contributed by atoms with Crippen molar-refractivity contribution in [3.8, 4) is 6.07 Å². The minimum absolute atomic E-state index is 0.140. The van der Waals surface area contributed by atoms with Crippen LogP contribution in [0.15, 0.2) is 0 Å². The van der Waals surface area contributed by atoms with Crippen molar-refractivity contribution in [2.75, 3.05) is 19.3 Å². The molecule has 0 radical (unpaired) electrons. The number of carbonyl (C=O) groups excluding carboxylic acids is 1. The maximum atomic E-state index is 11.5. The highest BCUT2D eigenvalue weighted by Crippen LogP contribution is 2.14. The average molecular weight is 228 g/mol. The van der Waals surface area contributed by atoms with Gasteiger partial charge in [-0.1, -0.05) is 13.8 Å². The summed E-state index contributed by atoms with van der Waals surface area (Å²) in [5.41, 5.74) is 0. The van der Waals surface area contributed by atoms with Gasteiger partial charge in [0.2, 0.25) is 5.91 Å². The molecule has 0 fully saturated rings. The molecule has 1 amide bonds. The average Bonchev–Trinajstić information content (AvgIpc) is 2.25. The van der Waals surface area contributed by atoms with Crippen molar-refractivity contribution in [2.45, 2.75) is 38.4 Å². The molecule has 0 aromatic heterocycles. The van der Waals surface area contributed by atoms with Gasteiger partial charge in [0, 0.05) is 31.0 Å². The molecule has 0 bridgehead atoms. The highest BCUT2D eigenvalue weighted by Gasteiger charge is 2.08. The van der Waals surface area contributed by atoms with Crippen LogP contribution >= 0.6 is 11.8 Å². The first-order chi connectivity index (χ1) is 7.11. The Morgan fingerprint density at radius 2 is 2.27 bits per heavy atom. The van der Waals surface area contributed by atoms with E-state index in [1.807, 2.05) is 17.8 Å². The van der Waals surface area contributed by atoms with E-state index in [9.17, 15) is 4.79 Å². The molecular weight excluding hydrogens is 208 g/mol. The van der Waals surface area contributed by atoms with E-state index in [2.05, 4.69) is 13.8 Å². The lowest BCUT2D eigenvalue weighted by atomic mass is 10.3. The molecule has 0 aromatic rings. The number of carbonyl (C=O) groups is 1. The summed E-state index contributed by atoms with van der Waals surface area (Å²) in [5.74, 6) is 1.02. The van der Waals surface area contributed by atoms with Crippen LogP contribution in [-0.4, -0.2) is 35.4 Å². The Labute approximate surface area is 96.8 Å². The first kappa shape index (κ1) is 14.3. The lowest BCUT2D eigenvalue weighted by molar-refractivity contribution is -0.129. The van der Waals surface area contributed by atoms with E-state index < -0.39 is 0 Å². The van der Waals surface area contributed by atoms with Crippen molar-refractivity contribution in [2.24, 2.45) is 0 Å². The Bertz CT molecular complexity index is 225. The molecule has 0 aliphatic carbocycles. The molecule has 0 heterocycles. The summed E-state index contributed by atoms with van der Waals surface area (Å²) in [5, 5.41) is 9.01. The van der Waals surface area contributed by atoms with E-state index in [0.717, 1.165) is 12.2 Å². The Morgan fingerprint density at radius 3 is 2.80 bits per heavy atom. The molecule has 0 rings (SSSR count). The van der Waals surface area contributed by atoms with Crippen LogP contribution in [0.3, 0.4) is 0 Å². The molecule has 4 heteroatoms. The van der Waals surface area contributed by atoms with Gasteiger partial charge in [0.15, 0.2) is 0 Å². The van der Waals surface area contributed by atoms with Crippen molar-refractivity contribution in [1.29, 1.82) is 5.26 Å². The molecule has 3 nitrogen and oxygen atoms in total. The monoisotopic (exact) mass is 228 g/mol. The van der Waals surface area contributed by atoms with Crippen molar-refractivity contribution in [3.05, 3.63) is 0 Å². The Kier molecular flexibility index (Phi) is 8.21. The number of hydrogen-bond acceptors (Lipinski definition) is 3. The van der Waals surface area contributed by atoms with Crippen molar-refractivity contribution in [3.63, 3.8) is 0 Å². The summed E-state index contributed by atoms with van der Waals surface area (Å²) in [7, 11) is 1.76. The molecule has 0 N–H and O–H groups in total. The summed E-state index contributed by atoms with van der Waals surface area (Å²) in [6, 6.07) is 2.04. The third-order valence-corrected chi connectivity index (χ3v) is 3.62. The van der Waals surface area contributed by atoms with Gasteiger partial charge in [0.1, 0.15) is 0 Å². The summed E-state index contributed by atoms with van der Waals surface area (Å²) >= 11 is 1.83. The zero-order valence-corrected chi connectivity index (χ0v) is 10.6. The molecule has 15 heavy (non-hydrogen) atoms. The minimum Gasteiger partial charge on any atom is -0.345 e. The van der Waals surface area contributed by atoms with Crippen molar-refractivity contribution < 1.29 is 4.79 Å².